The number of hydrogen-bond donors (Lipinski definition) is 0. The molecular weight excluding hydrogens is 258 g/mol. The molecule has 1 aliphatic heterocycles. The maximum absolute atomic E-state index is 12.7. The molecule has 0 spiro atoms. The first-order valence-corrected chi connectivity index (χ1v) is 6.72. The van der Waals surface area contributed by atoms with Crippen molar-refractivity contribution in [2.45, 2.75) is 26.1 Å². The lowest BCUT2D eigenvalue weighted by Gasteiger charge is -2.35. The van der Waals surface area contributed by atoms with Gasteiger partial charge in [0.05, 0.1) is 32.0 Å². The highest BCUT2D eigenvalue weighted by molar-refractivity contribution is 5.98. The van der Waals surface area contributed by atoms with Crippen LogP contribution in [0.1, 0.15) is 24.2 Å². The van der Waals surface area contributed by atoms with E-state index in [0.717, 1.165) is 0 Å². The molecule has 20 heavy (non-hydrogen) atoms. The van der Waals surface area contributed by atoms with E-state index in [-0.39, 0.29) is 18.1 Å². The Labute approximate surface area is 119 Å². The highest BCUT2D eigenvalue weighted by Gasteiger charge is 2.28. The standard InChI is InChI=1S/C15H21NO4/c1-10-8-16(9-11(2)20-10)15(17)12-6-5-7-13(18-3)14(12)19-4/h5-7,10-11H,8-9H2,1-4H3/t10-,11-/m1/s1. The summed E-state index contributed by atoms with van der Waals surface area (Å²) in [7, 11) is 3.10. The normalized spacial score (nSPS) is 22.5. The van der Waals surface area contributed by atoms with Crippen LogP contribution in [0.3, 0.4) is 0 Å². The minimum Gasteiger partial charge on any atom is -0.493 e. The molecule has 2 atom stereocenters. The van der Waals surface area contributed by atoms with Gasteiger partial charge in [-0.2, -0.15) is 0 Å². The summed E-state index contributed by atoms with van der Waals surface area (Å²) in [5.41, 5.74) is 0.521. The van der Waals surface area contributed by atoms with Gasteiger partial charge in [-0.15, -0.1) is 0 Å². The maximum atomic E-state index is 12.7. The first kappa shape index (κ1) is 14.7. The third kappa shape index (κ3) is 2.88. The molecule has 0 radical (unpaired) electrons. The van der Waals surface area contributed by atoms with Crippen LogP contribution in [0.2, 0.25) is 0 Å². The summed E-state index contributed by atoms with van der Waals surface area (Å²) in [6, 6.07) is 5.33. The van der Waals surface area contributed by atoms with E-state index >= 15 is 0 Å². The topological polar surface area (TPSA) is 48.0 Å². The molecule has 2 rings (SSSR count). The molecule has 0 aromatic heterocycles. The molecule has 1 fully saturated rings. The molecule has 5 heteroatoms. The van der Waals surface area contributed by atoms with Gasteiger partial charge in [0, 0.05) is 13.1 Å². The molecule has 0 aliphatic carbocycles. The van der Waals surface area contributed by atoms with Crippen LogP contribution in [0.25, 0.3) is 0 Å². The zero-order valence-corrected chi connectivity index (χ0v) is 12.4. The Kier molecular flexibility index (Phi) is 4.49. The summed E-state index contributed by atoms with van der Waals surface area (Å²) in [6.45, 7) is 5.12. The SMILES string of the molecule is COc1cccc(C(=O)N2C[C@@H](C)O[C@H](C)C2)c1OC. The summed E-state index contributed by atoms with van der Waals surface area (Å²) in [4.78, 5) is 14.5. The van der Waals surface area contributed by atoms with Crippen molar-refractivity contribution in [3.05, 3.63) is 23.8 Å². The molecule has 0 bridgehead atoms. The molecule has 1 aliphatic rings. The van der Waals surface area contributed by atoms with Gasteiger partial charge in [0.15, 0.2) is 11.5 Å². The molecule has 1 saturated heterocycles. The summed E-state index contributed by atoms with van der Waals surface area (Å²) >= 11 is 0. The van der Waals surface area contributed by atoms with Crippen LogP contribution >= 0.6 is 0 Å². The summed E-state index contributed by atoms with van der Waals surface area (Å²) < 4.78 is 16.2. The molecule has 110 valence electrons. The minimum atomic E-state index is -0.0530. The van der Waals surface area contributed by atoms with E-state index in [4.69, 9.17) is 14.2 Å². The number of benzene rings is 1. The summed E-state index contributed by atoms with van der Waals surface area (Å²) in [5, 5.41) is 0. The van der Waals surface area contributed by atoms with Gasteiger partial charge in [0.2, 0.25) is 0 Å². The second-order valence-electron chi connectivity index (χ2n) is 5.01. The van der Waals surface area contributed by atoms with Crippen molar-refractivity contribution in [3.8, 4) is 11.5 Å². The number of carbonyl (C=O) groups is 1. The fraction of sp³-hybridized carbons (Fsp3) is 0.533. The van der Waals surface area contributed by atoms with Crippen LogP contribution in [0.4, 0.5) is 0 Å². The molecule has 1 aromatic rings. The zero-order chi connectivity index (χ0) is 14.7. The lowest BCUT2D eigenvalue weighted by atomic mass is 10.1. The van der Waals surface area contributed by atoms with Crippen LogP contribution in [-0.4, -0.2) is 50.3 Å². The third-order valence-electron chi connectivity index (χ3n) is 3.34. The van der Waals surface area contributed by atoms with Crippen molar-refractivity contribution in [2.24, 2.45) is 0 Å². The molecule has 0 unspecified atom stereocenters. The molecule has 1 heterocycles. The Hall–Kier alpha value is -1.75. The predicted molar refractivity (Wildman–Crippen MR) is 75.5 cm³/mol. The van der Waals surface area contributed by atoms with Crippen molar-refractivity contribution >= 4 is 5.91 Å². The zero-order valence-electron chi connectivity index (χ0n) is 12.4. The number of amides is 1. The van der Waals surface area contributed by atoms with E-state index in [1.807, 2.05) is 13.8 Å². The van der Waals surface area contributed by atoms with Gasteiger partial charge in [-0.05, 0) is 26.0 Å². The van der Waals surface area contributed by atoms with Crippen LogP contribution in [0, 0.1) is 0 Å². The Bertz CT molecular complexity index is 479. The van der Waals surface area contributed by atoms with Crippen LogP contribution in [-0.2, 0) is 4.74 Å². The number of rotatable bonds is 3. The highest BCUT2D eigenvalue weighted by Crippen LogP contribution is 2.32. The van der Waals surface area contributed by atoms with Crippen molar-refractivity contribution in [1.82, 2.24) is 4.90 Å². The first-order valence-electron chi connectivity index (χ1n) is 6.72. The van der Waals surface area contributed by atoms with Gasteiger partial charge in [-0.1, -0.05) is 6.07 Å². The number of nitrogens with zero attached hydrogens (tertiary/aromatic N) is 1. The average molecular weight is 279 g/mol. The predicted octanol–water partition coefficient (Wildman–Crippen LogP) is 1.95. The second kappa shape index (κ2) is 6.13. The van der Waals surface area contributed by atoms with Gasteiger partial charge in [-0.3, -0.25) is 4.79 Å². The van der Waals surface area contributed by atoms with Crippen LogP contribution in [0.15, 0.2) is 18.2 Å². The molecule has 1 aromatic carbocycles. The van der Waals surface area contributed by atoms with Crippen molar-refractivity contribution in [2.75, 3.05) is 27.3 Å². The average Bonchev–Trinajstić information content (AvgIpc) is 2.44. The fourth-order valence-corrected chi connectivity index (χ4v) is 2.57. The highest BCUT2D eigenvalue weighted by atomic mass is 16.5. The monoisotopic (exact) mass is 279 g/mol. The van der Waals surface area contributed by atoms with Crippen molar-refractivity contribution in [1.29, 1.82) is 0 Å². The molecular formula is C15H21NO4. The van der Waals surface area contributed by atoms with Crippen molar-refractivity contribution in [3.63, 3.8) is 0 Å². The third-order valence-corrected chi connectivity index (χ3v) is 3.34. The Morgan fingerprint density at radius 2 is 1.85 bits per heavy atom. The van der Waals surface area contributed by atoms with E-state index in [2.05, 4.69) is 0 Å². The Morgan fingerprint density at radius 3 is 2.40 bits per heavy atom. The number of hydrogen-bond acceptors (Lipinski definition) is 4. The van der Waals surface area contributed by atoms with E-state index in [1.165, 1.54) is 0 Å². The van der Waals surface area contributed by atoms with Crippen LogP contribution < -0.4 is 9.47 Å². The van der Waals surface area contributed by atoms with E-state index in [9.17, 15) is 4.79 Å². The lowest BCUT2D eigenvalue weighted by molar-refractivity contribution is -0.0586. The second-order valence-corrected chi connectivity index (χ2v) is 5.01. The van der Waals surface area contributed by atoms with Gasteiger partial charge in [-0.25, -0.2) is 0 Å². The van der Waals surface area contributed by atoms with E-state index < -0.39 is 0 Å². The van der Waals surface area contributed by atoms with Crippen molar-refractivity contribution < 1.29 is 19.0 Å². The fourth-order valence-electron chi connectivity index (χ4n) is 2.57. The summed E-state index contributed by atoms with van der Waals surface area (Å²) in [6.07, 6.45) is 0.0820. The molecule has 1 amide bonds. The summed E-state index contributed by atoms with van der Waals surface area (Å²) in [5.74, 6) is 0.988. The molecule has 5 nitrogen and oxygen atoms in total. The number of ether oxygens (including phenoxy) is 3. The number of methoxy groups -OCH3 is 2. The molecule has 0 saturated carbocycles. The van der Waals surface area contributed by atoms with Crippen LogP contribution in [0.5, 0.6) is 11.5 Å². The largest absolute Gasteiger partial charge is 0.493 e. The number of carbonyl (C=O) groups excluding carboxylic acids is 1. The quantitative estimate of drug-likeness (QED) is 0.848. The van der Waals surface area contributed by atoms with E-state index in [0.29, 0.717) is 30.2 Å². The Balaban J connectivity index is 2.29. The minimum absolute atomic E-state index is 0.0410. The number of para-hydroxylation sites is 1. The smallest absolute Gasteiger partial charge is 0.257 e. The maximum Gasteiger partial charge on any atom is 0.257 e. The van der Waals surface area contributed by atoms with E-state index in [1.54, 1.807) is 37.3 Å². The molecule has 0 N–H and O–H groups in total. The first-order chi connectivity index (χ1) is 9.56. The van der Waals surface area contributed by atoms with Gasteiger partial charge < -0.3 is 19.1 Å². The van der Waals surface area contributed by atoms with Gasteiger partial charge in [0.25, 0.3) is 5.91 Å². The van der Waals surface area contributed by atoms with Gasteiger partial charge in [0.1, 0.15) is 0 Å². The Morgan fingerprint density at radius 1 is 1.20 bits per heavy atom. The van der Waals surface area contributed by atoms with Gasteiger partial charge >= 0.3 is 0 Å². The lowest BCUT2D eigenvalue weighted by Crippen LogP contribution is -2.48. The number of morpholine rings is 1.